The molecule has 0 atom stereocenters. The summed E-state index contributed by atoms with van der Waals surface area (Å²) in [4.78, 5) is 13.1. The molecule has 1 heterocycles. The van der Waals surface area contributed by atoms with Crippen LogP contribution in [-0.4, -0.2) is 9.97 Å². The lowest BCUT2D eigenvalue weighted by atomic mass is 9.91. The number of benzene rings is 5. The smallest absolute Gasteiger partial charge is 0.245 e. The van der Waals surface area contributed by atoms with Crippen molar-refractivity contribution in [2.45, 2.75) is 0 Å². The fraction of sp³-hybridized carbons (Fsp3) is 0. The van der Waals surface area contributed by atoms with Gasteiger partial charge in [0.05, 0.1) is 46.2 Å². The van der Waals surface area contributed by atoms with E-state index in [1.165, 1.54) is 11.5 Å². The standard InChI is InChI=1S/C34H14N6/c1-38-31(18-37)32-28-13-20(27-12-19-6-2-3-7-23(19)24-8-4-5-9-25(24)27)10-11-26(28)33-34(32)40-30-15-22(17-36)21(16-35)14-29(30)39-33/h2-15H/b32-31+. The topological polar surface area (TPSA) is 102 Å². The van der Waals surface area contributed by atoms with Gasteiger partial charge in [-0.2, -0.15) is 10.5 Å². The van der Waals surface area contributed by atoms with Crippen LogP contribution < -0.4 is 0 Å². The summed E-state index contributed by atoms with van der Waals surface area (Å²) >= 11 is 0. The van der Waals surface area contributed by atoms with Gasteiger partial charge in [-0.15, -0.1) is 0 Å². The number of hydrogen-bond acceptors (Lipinski definition) is 5. The van der Waals surface area contributed by atoms with Crippen LogP contribution >= 0.6 is 0 Å². The number of allylic oxidation sites excluding steroid dienone is 1. The minimum absolute atomic E-state index is 0.0803. The van der Waals surface area contributed by atoms with Crippen LogP contribution in [0.1, 0.15) is 22.4 Å². The lowest BCUT2D eigenvalue weighted by Crippen LogP contribution is -1.96. The van der Waals surface area contributed by atoms with E-state index in [0.717, 1.165) is 32.8 Å². The van der Waals surface area contributed by atoms with Gasteiger partial charge in [-0.05, 0) is 62.5 Å². The van der Waals surface area contributed by atoms with Crippen molar-refractivity contribution in [2.24, 2.45) is 0 Å². The van der Waals surface area contributed by atoms with Crippen LogP contribution in [-0.2, 0) is 0 Å². The molecule has 0 N–H and O–H groups in total. The second-order valence-corrected chi connectivity index (χ2v) is 9.43. The van der Waals surface area contributed by atoms with E-state index in [9.17, 15) is 15.8 Å². The minimum atomic E-state index is -0.0803. The highest BCUT2D eigenvalue weighted by atomic mass is 14.9. The predicted molar refractivity (Wildman–Crippen MR) is 153 cm³/mol. The third kappa shape index (κ3) is 3.19. The summed E-state index contributed by atoms with van der Waals surface area (Å²) in [6.45, 7) is 7.72. The predicted octanol–water partition coefficient (Wildman–Crippen LogP) is 7.53. The molecule has 6 heteroatoms. The van der Waals surface area contributed by atoms with Gasteiger partial charge in [0.2, 0.25) is 0 Å². The van der Waals surface area contributed by atoms with E-state index in [0.29, 0.717) is 33.6 Å². The molecule has 180 valence electrons. The zero-order valence-corrected chi connectivity index (χ0v) is 20.8. The molecule has 0 amide bonds. The zero-order valence-electron chi connectivity index (χ0n) is 20.8. The Morgan fingerprint density at radius 3 is 1.98 bits per heavy atom. The van der Waals surface area contributed by atoms with Crippen molar-refractivity contribution in [1.29, 1.82) is 15.8 Å². The number of rotatable bonds is 1. The Morgan fingerprint density at radius 2 is 1.30 bits per heavy atom. The number of aromatic nitrogens is 2. The number of nitriles is 3. The first-order valence-corrected chi connectivity index (χ1v) is 12.4. The monoisotopic (exact) mass is 506 g/mol. The van der Waals surface area contributed by atoms with Crippen LogP contribution in [0.3, 0.4) is 0 Å². The molecule has 5 aromatic carbocycles. The fourth-order valence-corrected chi connectivity index (χ4v) is 5.57. The second-order valence-electron chi connectivity index (χ2n) is 9.43. The van der Waals surface area contributed by atoms with Gasteiger partial charge < -0.3 is 0 Å². The second kappa shape index (κ2) is 8.61. The van der Waals surface area contributed by atoms with E-state index in [1.807, 2.05) is 60.7 Å². The first kappa shape index (κ1) is 22.8. The van der Waals surface area contributed by atoms with Gasteiger partial charge in [0.1, 0.15) is 12.1 Å². The molecule has 1 aliphatic carbocycles. The Labute approximate surface area is 228 Å². The lowest BCUT2D eigenvalue weighted by Gasteiger charge is -2.12. The van der Waals surface area contributed by atoms with E-state index in [-0.39, 0.29) is 16.8 Å². The molecule has 0 aliphatic heterocycles. The molecule has 7 rings (SSSR count). The van der Waals surface area contributed by atoms with Gasteiger partial charge in [-0.1, -0.05) is 60.7 Å². The summed E-state index contributed by atoms with van der Waals surface area (Å²) in [6, 6.07) is 33.9. The molecular weight excluding hydrogens is 492 g/mol. The van der Waals surface area contributed by atoms with Gasteiger partial charge in [0, 0.05) is 11.1 Å². The third-order valence-electron chi connectivity index (χ3n) is 7.36. The highest BCUT2D eigenvalue weighted by Gasteiger charge is 2.30. The van der Waals surface area contributed by atoms with E-state index < -0.39 is 0 Å². The van der Waals surface area contributed by atoms with Crippen LogP contribution in [0.2, 0.25) is 0 Å². The highest BCUT2D eigenvalue weighted by molar-refractivity contribution is 6.14. The Bertz CT molecular complexity index is 2300. The van der Waals surface area contributed by atoms with Gasteiger partial charge >= 0.3 is 0 Å². The molecule has 0 fully saturated rings. The van der Waals surface area contributed by atoms with Crippen molar-refractivity contribution in [1.82, 2.24) is 9.97 Å². The first-order chi connectivity index (χ1) is 19.6. The van der Waals surface area contributed by atoms with Crippen molar-refractivity contribution in [3.05, 3.63) is 124 Å². The van der Waals surface area contributed by atoms with Crippen molar-refractivity contribution < 1.29 is 0 Å². The molecule has 1 aliphatic rings. The fourth-order valence-electron chi connectivity index (χ4n) is 5.57. The third-order valence-corrected chi connectivity index (χ3v) is 7.36. The minimum Gasteiger partial charge on any atom is -0.245 e. The molecular formula is C34H14N6. The average Bonchev–Trinajstić information content (AvgIpc) is 3.31. The molecule has 0 bridgehead atoms. The van der Waals surface area contributed by atoms with Crippen LogP contribution in [0.5, 0.6) is 0 Å². The Balaban J connectivity index is 1.53. The van der Waals surface area contributed by atoms with Gasteiger partial charge in [-0.25, -0.2) is 20.1 Å². The molecule has 0 spiro atoms. The molecule has 0 unspecified atom stereocenters. The molecule has 1 aromatic heterocycles. The quantitative estimate of drug-likeness (QED) is 0.130. The number of hydrogen-bond donors (Lipinski definition) is 0. The van der Waals surface area contributed by atoms with E-state index in [4.69, 9.17) is 16.5 Å². The molecule has 6 aromatic rings. The van der Waals surface area contributed by atoms with Crippen molar-refractivity contribution in [3.63, 3.8) is 0 Å². The maximum Gasteiger partial charge on any atom is 0.271 e. The van der Waals surface area contributed by atoms with Crippen molar-refractivity contribution in [2.75, 3.05) is 0 Å². The number of fused-ring (bicyclic) bond motifs is 7. The van der Waals surface area contributed by atoms with Crippen LogP contribution in [0.4, 0.5) is 0 Å². The summed E-state index contributed by atoms with van der Waals surface area (Å²) in [6.07, 6.45) is 0. The summed E-state index contributed by atoms with van der Waals surface area (Å²) in [5, 5.41) is 33.4. The molecule has 0 saturated heterocycles. The molecule has 40 heavy (non-hydrogen) atoms. The maximum absolute atomic E-state index is 9.90. The van der Waals surface area contributed by atoms with Gasteiger partial charge in [-0.3, -0.25) is 0 Å². The maximum atomic E-state index is 9.90. The largest absolute Gasteiger partial charge is 0.271 e. The van der Waals surface area contributed by atoms with Crippen LogP contribution in [0.25, 0.3) is 65.4 Å². The Kier molecular flexibility index (Phi) is 4.91. The van der Waals surface area contributed by atoms with Crippen molar-refractivity contribution in [3.8, 4) is 40.6 Å². The SMILES string of the molecule is [C-]#[N+]/C(C#N)=C1\c2cc(-c3cc4ccccc4c4ccccc34)ccc2-c2nc3cc(C#N)c(C#N)cc3nc21. The highest BCUT2D eigenvalue weighted by Crippen LogP contribution is 2.47. The average molecular weight is 507 g/mol. The van der Waals surface area contributed by atoms with Gasteiger partial charge in [0.25, 0.3) is 5.70 Å². The van der Waals surface area contributed by atoms with E-state index in [2.05, 4.69) is 35.2 Å². The summed E-state index contributed by atoms with van der Waals surface area (Å²) in [5.74, 6) is 0. The summed E-state index contributed by atoms with van der Waals surface area (Å²) in [7, 11) is 0. The molecule has 0 radical (unpaired) electrons. The van der Waals surface area contributed by atoms with E-state index >= 15 is 0 Å². The molecule has 6 nitrogen and oxygen atoms in total. The van der Waals surface area contributed by atoms with Crippen molar-refractivity contribution >= 4 is 38.2 Å². The first-order valence-electron chi connectivity index (χ1n) is 12.4. The molecule has 0 saturated carbocycles. The van der Waals surface area contributed by atoms with E-state index in [1.54, 1.807) is 6.07 Å². The number of nitrogens with zero attached hydrogens (tertiary/aromatic N) is 6. The summed E-state index contributed by atoms with van der Waals surface area (Å²) in [5.41, 5.74) is 6.04. The van der Waals surface area contributed by atoms with Crippen LogP contribution in [0, 0.1) is 40.6 Å². The normalized spacial score (nSPS) is 12.7. The lowest BCUT2D eigenvalue weighted by molar-refractivity contribution is 1.27. The van der Waals surface area contributed by atoms with Gasteiger partial charge in [0.15, 0.2) is 0 Å². The Morgan fingerprint density at radius 1 is 0.650 bits per heavy atom. The zero-order chi connectivity index (χ0) is 27.4. The Hall–Kier alpha value is -6.34. The van der Waals surface area contributed by atoms with Crippen LogP contribution in [0.15, 0.2) is 90.6 Å². The summed E-state index contributed by atoms with van der Waals surface area (Å²) < 4.78 is 0.